The van der Waals surface area contributed by atoms with E-state index in [4.69, 9.17) is 0 Å². The second kappa shape index (κ2) is 3.30. The number of azo groups is 1. The van der Waals surface area contributed by atoms with Crippen LogP contribution in [-0.4, -0.2) is 22.8 Å². The first-order valence-corrected chi connectivity index (χ1v) is 3.99. The second-order valence-electron chi connectivity index (χ2n) is 2.71. The third-order valence-corrected chi connectivity index (χ3v) is 1.78. The molecule has 0 aliphatic carbocycles. The molecule has 62 valence electrons. The molecule has 0 bridgehead atoms. The van der Waals surface area contributed by atoms with E-state index in [2.05, 4.69) is 20.4 Å². The predicted molar refractivity (Wildman–Crippen MR) is 45.7 cm³/mol. The Balaban J connectivity index is 1.98. The van der Waals surface area contributed by atoms with Crippen LogP contribution in [0.4, 0.5) is 0 Å². The van der Waals surface area contributed by atoms with Crippen LogP contribution in [0.2, 0.25) is 0 Å². The first kappa shape index (κ1) is 7.21. The Bertz CT molecular complexity index is 286. The molecule has 2 rings (SSSR count). The lowest BCUT2D eigenvalue weighted by Gasteiger charge is -1.93. The van der Waals surface area contributed by atoms with E-state index in [-0.39, 0.29) is 6.04 Å². The zero-order chi connectivity index (χ0) is 8.23. The van der Waals surface area contributed by atoms with Crippen molar-refractivity contribution < 1.29 is 0 Å². The van der Waals surface area contributed by atoms with E-state index in [9.17, 15) is 0 Å². The zero-order valence-corrected chi connectivity index (χ0v) is 6.64. The summed E-state index contributed by atoms with van der Waals surface area (Å²) in [5, 5.41) is 14.6. The van der Waals surface area contributed by atoms with Gasteiger partial charge in [-0.25, -0.2) is 0 Å². The maximum absolute atomic E-state index is 4.04. The van der Waals surface area contributed by atoms with Gasteiger partial charge in [0, 0.05) is 6.20 Å². The summed E-state index contributed by atoms with van der Waals surface area (Å²) in [4.78, 5) is 0. The van der Waals surface area contributed by atoms with Gasteiger partial charge >= 0.3 is 0 Å². The van der Waals surface area contributed by atoms with Crippen LogP contribution in [0.1, 0.15) is 12.1 Å². The molecular formula is C8H10N4. The van der Waals surface area contributed by atoms with E-state index >= 15 is 0 Å². The van der Waals surface area contributed by atoms with Gasteiger partial charge in [0.1, 0.15) is 0 Å². The van der Waals surface area contributed by atoms with E-state index < -0.39 is 0 Å². The summed E-state index contributed by atoms with van der Waals surface area (Å²) in [6.45, 7) is 0.859. The largest absolute Gasteiger partial charge is 0.278 e. The lowest BCUT2D eigenvalue weighted by molar-refractivity contribution is 0.834. The Morgan fingerprint density at radius 3 is 3.25 bits per heavy atom. The number of aromatic amines is 1. The van der Waals surface area contributed by atoms with Crippen LogP contribution in [0, 0.1) is 0 Å². The molecule has 0 spiro atoms. The highest BCUT2D eigenvalue weighted by Gasteiger charge is 2.06. The van der Waals surface area contributed by atoms with Gasteiger partial charge in [0.05, 0.1) is 18.3 Å². The number of rotatable bonds is 2. The highest BCUT2D eigenvalue weighted by molar-refractivity contribution is 5.44. The minimum atomic E-state index is 0.272. The number of H-pyrrole nitrogens is 1. The van der Waals surface area contributed by atoms with Crippen LogP contribution < -0.4 is 0 Å². The molecule has 1 aliphatic rings. The van der Waals surface area contributed by atoms with Gasteiger partial charge in [0.15, 0.2) is 0 Å². The van der Waals surface area contributed by atoms with Crippen molar-refractivity contribution in [3.8, 4) is 0 Å². The van der Waals surface area contributed by atoms with Gasteiger partial charge < -0.3 is 0 Å². The number of hydrogen-bond donors (Lipinski definition) is 1. The van der Waals surface area contributed by atoms with Crippen molar-refractivity contribution in [2.45, 2.75) is 12.5 Å². The van der Waals surface area contributed by atoms with Crippen molar-refractivity contribution in [1.29, 1.82) is 0 Å². The summed E-state index contributed by atoms with van der Waals surface area (Å²) in [6, 6.07) is 2.19. The second-order valence-corrected chi connectivity index (χ2v) is 2.71. The molecule has 1 aromatic rings. The average molecular weight is 162 g/mol. The molecule has 0 fully saturated rings. The van der Waals surface area contributed by atoms with Crippen LogP contribution >= 0.6 is 0 Å². The van der Waals surface area contributed by atoms with Gasteiger partial charge in [0.2, 0.25) is 0 Å². The third kappa shape index (κ3) is 1.58. The van der Waals surface area contributed by atoms with E-state index in [0.717, 1.165) is 18.7 Å². The lowest BCUT2D eigenvalue weighted by atomic mass is 10.2. The molecule has 1 N–H and O–H groups in total. The molecule has 2 heterocycles. The summed E-state index contributed by atoms with van der Waals surface area (Å²) in [5.74, 6) is 0. The number of nitrogens with zero attached hydrogens (tertiary/aromatic N) is 3. The minimum Gasteiger partial charge on any atom is -0.278 e. The van der Waals surface area contributed by atoms with Crippen molar-refractivity contribution in [3.63, 3.8) is 0 Å². The van der Waals surface area contributed by atoms with Gasteiger partial charge in [-0.3, -0.25) is 5.10 Å². The van der Waals surface area contributed by atoms with E-state index in [1.54, 1.807) is 6.20 Å². The minimum absolute atomic E-state index is 0.272. The lowest BCUT2D eigenvalue weighted by Crippen LogP contribution is -1.93. The van der Waals surface area contributed by atoms with Crippen LogP contribution in [0.15, 0.2) is 28.6 Å². The van der Waals surface area contributed by atoms with Crippen LogP contribution in [0.25, 0.3) is 6.08 Å². The Hall–Kier alpha value is -1.45. The summed E-state index contributed by atoms with van der Waals surface area (Å²) in [5.41, 5.74) is 1.01. The fourth-order valence-electron chi connectivity index (χ4n) is 1.12. The highest BCUT2D eigenvalue weighted by atomic mass is 15.1. The number of hydrogen-bond acceptors (Lipinski definition) is 3. The molecule has 1 unspecified atom stereocenters. The molecule has 0 amide bonds. The Morgan fingerprint density at radius 2 is 2.58 bits per heavy atom. The topological polar surface area (TPSA) is 53.4 Å². The maximum atomic E-state index is 4.04. The normalized spacial score (nSPS) is 22.5. The van der Waals surface area contributed by atoms with Gasteiger partial charge in [-0.05, 0) is 18.6 Å². The first-order valence-electron chi connectivity index (χ1n) is 3.99. The Morgan fingerprint density at radius 1 is 1.58 bits per heavy atom. The molecule has 0 saturated heterocycles. The van der Waals surface area contributed by atoms with E-state index in [0.29, 0.717) is 0 Å². The molecule has 1 atom stereocenters. The fourth-order valence-corrected chi connectivity index (χ4v) is 1.12. The van der Waals surface area contributed by atoms with Gasteiger partial charge in [-0.1, -0.05) is 6.08 Å². The molecule has 4 nitrogen and oxygen atoms in total. The van der Waals surface area contributed by atoms with Crippen molar-refractivity contribution in [2.75, 3.05) is 6.54 Å². The van der Waals surface area contributed by atoms with Crippen LogP contribution in [0.5, 0.6) is 0 Å². The van der Waals surface area contributed by atoms with Crippen LogP contribution in [0.3, 0.4) is 0 Å². The number of nitrogens with one attached hydrogen (secondary N) is 1. The Kier molecular flexibility index (Phi) is 1.98. The highest BCUT2D eigenvalue weighted by Crippen LogP contribution is 2.10. The Labute approximate surface area is 70.4 Å². The molecule has 0 aromatic carbocycles. The SMILES string of the molecule is C(=C\C1CCN=N1)/c1ccn[nH]1. The first-order chi connectivity index (χ1) is 5.95. The fraction of sp³-hybridized carbons (Fsp3) is 0.375. The summed E-state index contributed by atoms with van der Waals surface area (Å²) >= 11 is 0. The molecule has 1 aromatic heterocycles. The van der Waals surface area contributed by atoms with Gasteiger partial charge in [-0.15, -0.1) is 0 Å². The van der Waals surface area contributed by atoms with Crippen molar-refractivity contribution >= 4 is 6.08 Å². The van der Waals surface area contributed by atoms with E-state index in [1.165, 1.54) is 0 Å². The summed E-state index contributed by atoms with van der Waals surface area (Å²) in [7, 11) is 0. The molecule has 1 aliphatic heterocycles. The quantitative estimate of drug-likeness (QED) is 0.706. The van der Waals surface area contributed by atoms with Gasteiger partial charge in [-0.2, -0.15) is 15.3 Å². The smallest absolute Gasteiger partial charge is 0.0910 e. The molecule has 0 radical (unpaired) electrons. The van der Waals surface area contributed by atoms with Gasteiger partial charge in [0.25, 0.3) is 0 Å². The molecule has 12 heavy (non-hydrogen) atoms. The monoisotopic (exact) mass is 162 g/mol. The maximum Gasteiger partial charge on any atom is 0.0910 e. The zero-order valence-electron chi connectivity index (χ0n) is 6.64. The number of aromatic nitrogens is 2. The van der Waals surface area contributed by atoms with Crippen molar-refractivity contribution in [1.82, 2.24) is 10.2 Å². The van der Waals surface area contributed by atoms with E-state index in [1.807, 2.05) is 18.2 Å². The standard InChI is InChI=1S/C8H10N4/c1(7-3-5-9-11-7)2-8-4-6-10-12-8/h1-3,5,8H,4,6H2,(H,9,11)/b2-1+. The van der Waals surface area contributed by atoms with Crippen LogP contribution in [-0.2, 0) is 0 Å². The molecule has 0 saturated carbocycles. The summed E-state index contributed by atoms with van der Waals surface area (Å²) in [6.07, 6.45) is 6.80. The summed E-state index contributed by atoms with van der Waals surface area (Å²) < 4.78 is 0. The van der Waals surface area contributed by atoms with Crippen molar-refractivity contribution in [2.24, 2.45) is 10.2 Å². The average Bonchev–Trinajstić information content (AvgIpc) is 2.74. The van der Waals surface area contributed by atoms with Crippen molar-refractivity contribution in [3.05, 3.63) is 24.0 Å². The third-order valence-electron chi connectivity index (χ3n) is 1.78. The molecule has 4 heteroatoms. The molecular weight excluding hydrogens is 152 g/mol. The predicted octanol–water partition coefficient (Wildman–Crippen LogP) is 1.65.